The van der Waals surface area contributed by atoms with Gasteiger partial charge in [-0.3, -0.25) is 0 Å². The summed E-state index contributed by atoms with van der Waals surface area (Å²) < 4.78 is 0. The number of aliphatic hydroxyl groups excluding tert-OH is 1. The summed E-state index contributed by atoms with van der Waals surface area (Å²) in [5.41, 5.74) is 5.82. The molecule has 0 radical (unpaired) electrons. The predicted octanol–water partition coefficient (Wildman–Crippen LogP) is 1.91. The number of hydrogen-bond acceptors (Lipinski definition) is 2. The van der Waals surface area contributed by atoms with Crippen molar-refractivity contribution >= 4 is 0 Å². The van der Waals surface area contributed by atoms with Crippen LogP contribution in [-0.2, 0) is 0 Å². The second-order valence-corrected chi connectivity index (χ2v) is 4.74. The van der Waals surface area contributed by atoms with Crippen molar-refractivity contribution in [3.8, 4) is 0 Å². The van der Waals surface area contributed by atoms with Gasteiger partial charge >= 0.3 is 0 Å². The molecular weight excluding hydrogens is 162 g/mol. The highest BCUT2D eigenvalue weighted by Gasteiger charge is 2.45. The number of unbranched alkanes of at least 4 members (excludes halogenated alkanes) is 1. The van der Waals surface area contributed by atoms with Gasteiger partial charge in [0.2, 0.25) is 0 Å². The van der Waals surface area contributed by atoms with Crippen LogP contribution in [0.2, 0.25) is 0 Å². The molecule has 78 valence electrons. The first-order valence-corrected chi connectivity index (χ1v) is 5.52. The van der Waals surface area contributed by atoms with Gasteiger partial charge in [0.1, 0.15) is 0 Å². The van der Waals surface area contributed by atoms with Crippen LogP contribution in [0.15, 0.2) is 0 Å². The van der Waals surface area contributed by atoms with Crippen LogP contribution < -0.4 is 5.73 Å². The molecule has 0 bridgehead atoms. The molecule has 13 heavy (non-hydrogen) atoms. The molecule has 0 unspecified atom stereocenters. The molecule has 0 amide bonds. The topological polar surface area (TPSA) is 46.2 Å². The molecule has 0 heterocycles. The van der Waals surface area contributed by atoms with Crippen LogP contribution in [0, 0.1) is 11.3 Å². The summed E-state index contributed by atoms with van der Waals surface area (Å²) in [5, 5.41) is 9.99. The Labute approximate surface area is 81.5 Å². The number of nitrogens with two attached hydrogens (primary N) is 1. The minimum Gasteiger partial charge on any atom is -0.393 e. The Bertz CT molecular complexity index is 152. The van der Waals surface area contributed by atoms with Gasteiger partial charge in [0.25, 0.3) is 0 Å². The molecule has 0 aliphatic heterocycles. The molecule has 0 spiro atoms. The summed E-state index contributed by atoms with van der Waals surface area (Å²) in [7, 11) is 0. The predicted molar refractivity (Wildman–Crippen MR) is 55.4 cm³/mol. The van der Waals surface area contributed by atoms with Gasteiger partial charge in [0, 0.05) is 12.0 Å². The maximum atomic E-state index is 9.99. The molecule has 1 fully saturated rings. The van der Waals surface area contributed by atoms with E-state index in [-0.39, 0.29) is 11.5 Å². The van der Waals surface area contributed by atoms with Crippen molar-refractivity contribution in [3.63, 3.8) is 0 Å². The van der Waals surface area contributed by atoms with Gasteiger partial charge in [-0.2, -0.15) is 0 Å². The molecule has 0 aromatic heterocycles. The molecule has 1 atom stereocenters. The van der Waals surface area contributed by atoms with Crippen molar-refractivity contribution in [2.45, 2.75) is 52.1 Å². The van der Waals surface area contributed by atoms with Crippen LogP contribution in [0.3, 0.4) is 0 Å². The third kappa shape index (κ3) is 2.23. The van der Waals surface area contributed by atoms with Gasteiger partial charge in [-0.05, 0) is 25.2 Å². The Morgan fingerprint density at radius 1 is 1.54 bits per heavy atom. The van der Waals surface area contributed by atoms with Gasteiger partial charge in [0.05, 0.1) is 6.10 Å². The standard InChI is InChI=1S/C11H23NO/c1-3-4-5-10(13)11(8-12)6-9(2)7-11/h9-10,13H,3-8,12H2,1-2H3/t9?,10-,11?/m1/s1. The normalized spacial score (nSPS) is 35.5. The lowest BCUT2D eigenvalue weighted by Crippen LogP contribution is -2.50. The van der Waals surface area contributed by atoms with Crippen molar-refractivity contribution in [1.29, 1.82) is 0 Å². The zero-order valence-corrected chi connectivity index (χ0v) is 8.92. The number of hydrogen-bond donors (Lipinski definition) is 2. The minimum atomic E-state index is -0.159. The van der Waals surface area contributed by atoms with E-state index in [2.05, 4.69) is 13.8 Å². The Kier molecular flexibility index (Phi) is 3.74. The maximum Gasteiger partial charge on any atom is 0.0608 e. The average Bonchev–Trinajstić information content (AvgIpc) is 2.08. The van der Waals surface area contributed by atoms with Crippen LogP contribution in [0.4, 0.5) is 0 Å². The third-order valence-corrected chi connectivity index (χ3v) is 3.45. The highest BCUT2D eigenvalue weighted by molar-refractivity contribution is 4.97. The van der Waals surface area contributed by atoms with Crippen molar-refractivity contribution in [2.24, 2.45) is 17.1 Å². The molecule has 3 N–H and O–H groups in total. The zero-order chi connectivity index (χ0) is 9.90. The second kappa shape index (κ2) is 4.43. The van der Waals surface area contributed by atoms with Crippen LogP contribution >= 0.6 is 0 Å². The molecule has 0 aromatic rings. The van der Waals surface area contributed by atoms with E-state index < -0.39 is 0 Å². The van der Waals surface area contributed by atoms with E-state index in [0.29, 0.717) is 6.54 Å². The molecule has 2 heteroatoms. The molecular formula is C11H23NO. The summed E-state index contributed by atoms with van der Waals surface area (Å²) in [5.74, 6) is 0.764. The summed E-state index contributed by atoms with van der Waals surface area (Å²) in [4.78, 5) is 0. The van der Waals surface area contributed by atoms with Gasteiger partial charge < -0.3 is 10.8 Å². The first-order valence-electron chi connectivity index (χ1n) is 5.52. The zero-order valence-electron chi connectivity index (χ0n) is 8.92. The van der Waals surface area contributed by atoms with Gasteiger partial charge in [-0.1, -0.05) is 26.7 Å². The lowest BCUT2D eigenvalue weighted by molar-refractivity contribution is -0.0622. The Morgan fingerprint density at radius 3 is 2.54 bits per heavy atom. The summed E-state index contributed by atoms with van der Waals surface area (Å²) in [6.45, 7) is 5.05. The Morgan fingerprint density at radius 2 is 2.15 bits per heavy atom. The maximum absolute atomic E-state index is 9.99. The third-order valence-electron chi connectivity index (χ3n) is 3.45. The number of rotatable bonds is 5. The van der Waals surface area contributed by atoms with E-state index in [4.69, 9.17) is 5.73 Å². The summed E-state index contributed by atoms with van der Waals surface area (Å²) >= 11 is 0. The van der Waals surface area contributed by atoms with Crippen LogP contribution in [0.25, 0.3) is 0 Å². The smallest absolute Gasteiger partial charge is 0.0608 e. The highest BCUT2D eigenvalue weighted by atomic mass is 16.3. The van der Waals surface area contributed by atoms with E-state index in [1.807, 2.05) is 0 Å². The molecule has 2 nitrogen and oxygen atoms in total. The summed E-state index contributed by atoms with van der Waals surface area (Å²) in [6, 6.07) is 0. The van der Waals surface area contributed by atoms with Crippen molar-refractivity contribution in [3.05, 3.63) is 0 Å². The second-order valence-electron chi connectivity index (χ2n) is 4.74. The van der Waals surface area contributed by atoms with Gasteiger partial charge in [-0.25, -0.2) is 0 Å². The fourth-order valence-electron chi connectivity index (χ4n) is 2.61. The van der Waals surface area contributed by atoms with E-state index >= 15 is 0 Å². The highest BCUT2D eigenvalue weighted by Crippen LogP contribution is 2.48. The largest absolute Gasteiger partial charge is 0.393 e. The van der Waals surface area contributed by atoms with E-state index in [1.54, 1.807) is 0 Å². The quantitative estimate of drug-likeness (QED) is 0.687. The number of aliphatic hydroxyl groups is 1. The van der Waals surface area contributed by atoms with E-state index in [9.17, 15) is 5.11 Å². The molecule has 0 saturated heterocycles. The Balaban J connectivity index is 2.38. The van der Waals surface area contributed by atoms with E-state index in [1.165, 1.54) is 0 Å². The minimum absolute atomic E-state index is 0.0780. The lowest BCUT2D eigenvalue weighted by atomic mass is 9.59. The molecule has 0 aromatic carbocycles. The fourth-order valence-corrected chi connectivity index (χ4v) is 2.61. The van der Waals surface area contributed by atoms with Crippen molar-refractivity contribution in [2.75, 3.05) is 6.54 Å². The lowest BCUT2D eigenvalue weighted by Gasteiger charge is -2.49. The Hall–Kier alpha value is -0.0800. The van der Waals surface area contributed by atoms with Gasteiger partial charge in [-0.15, -0.1) is 0 Å². The first-order chi connectivity index (χ1) is 6.14. The van der Waals surface area contributed by atoms with Crippen LogP contribution in [0.5, 0.6) is 0 Å². The fraction of sp³-hybridized carbons (Fsp3) is 1.00. The molecule has 1 aliphatic carbocycles. The SMILES string of the molecule is CCCC[C@@H](O)C1(CN)CC(C)C1. The van der Waals surface area contributed by atoms with Crippen molar-refractivity contribution < 1.29 is 5.11 Å². The molecule has 1 aliphatic rings. The monoisotopic (exact) mass is 185 g/mol. The van der Waals surface area contributed by atoms with Crippen LogP contribution in [0.1, 0.15) is 46.0 Å². The average molecular weight is 185 g/mol. The molecule has 1 saturated carbocycles. The van der Waals surface area contributed by atoms with Crippen LogP contribution in [-0.4, -0.2) is 17.8 Å². The summed E-state index contributed by atoms with van der Waals surface area (Å²) in [6.07, 6.45) is 5.29. The first kappa shape index (κ1) is 11.0. The van der Waals surface area contributed by atoms with Crippen molar-refractivity contribution in [1.82, 2.24) is 0 Å². The van der Waals surface area contributed by atoms with Gasteiger partial charge in [0.15, 0.2) is 0 Å². The van der Waals surface area contributed by atoms with E-state index in [0.717, 1.165) is 38.0 Å². The molecule has 1 rings (SSSR count).